The molecule has 2 aromatic rings. The Bertz CT molecular complexity index is 967. The molecule has 0 unspecified atom stereocenters. The van der Waals surface area contributed by atoms with Crippen molar-refractivity contribution in [1.29, 1.82) is 0 Å². The predicted octanol–water partition coefficient (Wildman–Crippen LogP) is 4.99. The Morgan fingerprint density at radius 2 is 1.26 bits per heavy atom. The van der Waals surface area contributed by atoms with Crippen LogP contribution in [0, 0.1) is 0 Å². The van der Waals surface area contributed by atoms with Crippen LogP contribution in [0.5, 0.6) is 0 Å². The molecule has 2 aromatic carbocycles. The lowest BCUT2D eigenvalue weighted by molar-refractivity contribution is -0.137. The number of aryl methyl sites for hydroxylation is 2. The molecule has 1 aliphatic rings. The van der Waals surface area contributed by atoms with Crippen molar-refractivity contribution in [2.75, 3.05) is 26.2 Å². The largest absolute Gasteiger partial charge is 0.444 e. The van der Waals surface area contributed by atoms with Crippen LogP contribution in [0.15, 0.2) is 60.7 Å². The average molecular weight is 522 g/mol. The number of carbonyl (C=O) groups excluding carboxylic acids is 3. The van der Waals surface area contributed by atoms with Crippen molar-refractivity contribution in [3.05, 3.63) is 71.8 Å². The first-order chi connectivity index (χ1) is 18.2. The van der Waals surface area contributed by atoms with Crippen molar-refractivity contribution in [2.45, 2.75) is 77.4 Å². The SMILES string of the molecule is CC(C)(C)OC(=O)N1CCN(C(=O)CC(=O)NC(CCCc2ccccc2)CCCc2ccccc2)CC1. The number of amides is 3. The Morgan fingerprint density at radius 3 is 1.74 bits per heavy atom. The molecule has 1 heterocycles. The van der Waals surface area contributed by atoms with E-state index >= 15 is 0 Å². The van der Waals surface area contributed by atoms with E-state index in [0.29, 0.717) is 26.2 Å². The molecule has 7 nitrogen and oxygen atoms in total. The summed E-state index contributed by atoms with van der Waals surface area (Å²) < 4.78 is 5.42. The second kappa shape index (κ2) is 14.6. The maximum atomic E-state index is 12.9. The number of hydrogen-bond acceptors (Lipinski definition) is 4. The molecule has 0 saturated carbocycles. The smallest absolute Gasteiger partial charge is 0.410 e. The van der Waals surface area contributed by atoms with E-state index in [9.17, 15) is 14.4 Å². The standard InChI is InChI=1S/C31H43N3O4/c1-31(2,3)38-30(37)34-22-20-33(21-23-34)29(36)24-28(35)32-27(18-10-16-25-12-6-4-7-13-25)19-11-17-26-14-8-5-9-15-26/h4-9,12-15,27H,10-11,16-24H2,1-3H3,(H,32,35). The van der Waals surface area contributed by atoms with Gasteiger partial charge in [0.1, 0.15) is 12.0 Å². The van der Waals surface area contributed by atoms with Crippen LogP contribution in [0.1, 0.15) is 64.0 Å². The molecule has 1 fully saturated rings. The number of benzene rings is 2. The molecule has 1 saturated heterocycles. The molecule has 0 spiro atoms. The number of carbonyl (C=O) groups is 3. The molecule has 206 valence electrons. The fraction of sp³-hybridized carbons (Fsp3) is 0.516. The van der Waals surface area contributed by atoms with Crippen molar-refractivity contribution in [2.24, 2.45) is 0 Å². The summed E-state index contributed by atoms with van der Waals surface area (Å²) in [6.45, 7) is 7.12. The number of hydrogen-bond donors (Lipinski definition) is 1. The third-order valence-electron chi connectivity index (χ3n) is 6.68. The number of nitrogens with one attached hydrogen (secondary N) is 1. The van der Waals surface area contributed by atoms with Crippen molar-refractivity contribution in [3.63, 3.8) is 0 Å². The lowest BCUT2D eigenvalue weighted by Gasteiger charge is -2.35. The van der Waals surface area contributed by atoms with E-state index < -0.39 is 5.60 Å². The van der Waals surface area contributed by atoms with Crippen molar-refractivity contribution in [3.8, 4) is 0 Å². The van der Waals surface area contributed by atoms with E-state index in [-0.39, 0.29) is 30.4 Å². The van der Waals surface area contributed by atoms with Gasteiger partial charge in [-0.15, -0.1) is 0 Å². The highest BCUT2D eigenvalue weighted by Crippen LogP contribution is 2.15. The third kappa shape index (κ3) is 10.6. The quantitative estimate of drug-likeness (QED) is 0.423. The maximum absolute atomic E-state index is 12.9. The van der Waals surface area contributed by atoms with Gasteiger partial charge in [-0.3, -0.25) is 9.59 Å². The summed E-state index contributed by atoms with van der Waals surface area (Å²) in [7, 11) is 0. The van der Waals surface area contributed by atoms with Gasteiger partial charge in [0.2, 0.25) is 11.8 Å². The lowest BCUT2D eigenvalue weighted by Crippen LogP contribution is -2.52. The molecule has 0 aliphatic carbocycles. The highest BCUT2D eigenvalue weighted by Gasteiger charge is 2.28. The average Bonchev–Trinajstić information content (AvgIpc) is 2.89. The summed E-state index contributed by atoms with van der Waals surface area (Å²) in [5.74, 6) is -0.423. The van der Waals surface area contributed by atoms with Crippen LogP contribution in [0.25, 0.3) is 0 Å². The topological polar surface area (TPSA) is 79.0 Å². The van der Waals surface area contributed by atoms with Gasteiger partial charge < -0.3 is 19.9 Å². The Kier molecular flexibility index (Phi) is 11.2. The van der Waals surface area contributed by atoms with Crippen LogP contribution in [-0.4, -0.2) is 65.5 Å². The van der Waals surface area contributed by atoms with Crippen LogP contribution in [0.4, 0.5) is 4.79 Å². The van der Waals surface area contributed by atoms with Gasteiger partial charge in [-0.05, 0) is 70.4 Å². The van der Waals surface area contributed by atoms with Gasteiger partial charge in [0.05, 0.1) is 0 Å². The van der Waals surface area contributed by atoms with Gasteiger partial charge in [-0.25, -0.2) is 4.79 Å². The number of ether oxygens (including phenoxy) is 1. The van der Waals surface area contributed by atoms with Gasteiger partial charge in [0, 0.05) is 32.2 Å². The molecule has 0 bridgehead atoms. The van der Waals surface area contributed by atoms with Crippen LogP contribution in [-0.2, 0) is 27.2 Å². The highest BCUT2D eigenvalue weighted by atomic mass is 16.6. The van der Waals surface area contributed by atoms with E-state index in [1.54, 1.807) is 9.80 Å². The normalized spacial score (nSPS) is 13.9. The molecule has 0 radical (unpaired) electrons. The molecule has 7 heteroatoms. The molecule has 1 N–H and O–H groups in total. The van der Waals surface area contributed by atoms with Crippen molar-refractivity contribution >= 4 is 17.9 Å². The zero-order chi connectivity index (χ0) is 27.4. The Balaban J connectivity index is 1.46. The first kappa shape index (κ1) is 29.2. The van der Waals surface area contributed by atoms with Crippen molar-refractivity contribution < 1.29 is 19.1 Å². The fourth-order valence-corrected chi connectivity index (χ4v) is 4.68. The van der Waals surface area contributed by atoms with Crippen LogP contribution in [0.3, 0.4) is 0 Å². The first-order valence-electron chi connectivity index (χ1n) is 13.8. The van der Waals surface area contributed by atoms with E-state index in [2.05, 4.69) is 29.6 Å². The number of piperazine rings is 1. The monoisotopic (exact) mass is 521 g/mol. The van der Waals surface area contributed by atoms with E-state index in [4.69, 9.17) is 4.74 Å². The molecule has 3 rings (SSSR count). The van der Waals surface area contributed by atoms with Gasteiger partial charge >= 0.3 is 6.09 Å². The van der Waals surface area contributed by atoms with Crippen LogP contribution < -0.4 is 5.32 Å². The highest BCUT2D eigenvalue weighted by molar-refractivity contribution is 5.97. The van der Waals surface area contributed by atoms with Crippen molar-refractivity contribution in [1.82, 2.24) is 15.1 Å². The Morgan fingerprint density at radius 1 is 0.789 bits per heavy atom. The maximum Gasteiger partial charge on any atom is 0.410 e. The molecule has 0 aromatic heterocycles. The summed E-state index contributed by atoms with van der Waals surface area (Å²) in [6.07, 6.45) is 5.09. The zero-order valence-corrected chi connectivity index (χ0v) is 23.2. The van der Waals surface area contributed by atoms with Gasteiger partial charge in [-0.1, -0.05) is 60.7 Å². The summed E-state index contributed by atoms with van der Waals surface area (Å²) >= 11 is 0. The summed E-state index contributed by atoms with van der Waals surface area (Å²) in [6, 6.07) is 20.8. The summed E-state index contributed by atoms with van der Waals surface area (Å²) in [5.41, 5.74) is 2.03. The minimum atomic E-state index is -0.555. The van der Waals surface area contributed by atoms with Crippen LogP contribution >= 0.6 is 0 Å². The predicted molar refractivity (Wildman–Crippen MR) is 150 cm³/mol. The molecular weight excluding hydrogens is 478 g/mol. The molecule has 0 atom stereocenters. The molecule has 1 aliphatic heterocycles. The number of nitrogens with zero attached hydrogens (tertiary/aromatic N) is 2. The van der Waals surface area contributed by atoms with Gasteiger partial charge in [0.15, 0.2) is 0 Å². The summed E-state index contributed by atoms with van der Waals surface area (Å²) in [4.78, 5) is 41.2. The van der Waals surface area contributed by atoms with Gasteiger partial charge in [0.25, 0.3) is 0 Å². The summed E-state index contributed by atoms with van der Waals surface area (Å²) in [5, 5.41) is 3.14. The minimum Gasteiger partial charge on any atom is -0.444 e. The zero-order valence-electron chi connectivity index (χ0n) is 23.2. The van der Waals surface area contributed by atoms with E-state index in [1.807, 2.05) is 57.2 Å². The number of rotatable bonds is 11. The Labute approximate surface area is 227 Å². The first-order valence-corrected chi connectivity index (χ1v) is 13.8. The molecular formula is C31H43N3O4. The Hall–Kier alpha value is -3.35. The second-order valence-corrected chi connectivity index (χ2v) is 11.0. The second-order valence-electron chi connectivity index (χ2n) is 11.0. The molecule has 3 amide bonds. The van der Waals surface area contributed by atoms with Crippen LogP contribution in [0.2, 0.25) is 0 Å². The van der Waals surface area contributed by atoms with E-state index in [1.165, 1.54) is 11.1 Å². The van der Waals surface area contributed by atoms with E-state index in [0.717, 1.165) is 38.5 Å². The lowest BCUT2D eigenvalue weighted by atomic mass is 9.99. The van der Waals surface area contributed by atoms with Gasteiger partial charge in [-0.2, -0.15) is 0 Å². The molecule has 38 heavy (non-hydrogen) atoms. The third-order valence-corrected chi connectivity index (χ3v) is 6.68. The minimum absolute atomic E-state index is 0.0340. The fourth-order valence-electron chi connectivity index (χ4n) is 4.68.